The lowest BCUT2D eigenvalue weighted by Gasteiger charge is -2.38. The summed E-state index contributed by atoms with van der Waals surface area (Å²) in [5.41, 5.74) is -1.40. The van der Waals surface area contributed by atoms with Gasteiger partial charge in [0.1, 0.15) is 0 Å². The second-order valence-corrected chi connectivity index (χ2v) is 5.89. The Kier molecular flexibility index (Phi) is 4.35. The molecule has 4 nitrogen and oxygen atoms in total. The maximum Gasteiger partial charge on any atom is 0.493 e. The van der Waals surface area contributed by atoms with E-state index in [0.717, 1.165) is 4.47 Å². The summed E-state index contributed by atoms with van der Waals surface area (Å²) in [5.74, 6) is 0. The third-order valence-electron chi connectivity index (χ3n) is 2.89. The van der Waals surface area contributed by atoms with Gasteiger partial charge in [-0.1, -0.05) is 0 Å². The smallest absolute Gasteiger partial charge is 0.423 e. The van der Waals surface area contributed by atoms with Gasteiger partial charge in [-0.3, -0.25) is 4.98 Å². The number of aliphatic hydroxyl groups is 1. The SMILES string of the molecule is CC(C)(O)C(C)(C)OB(O)c1cncc(Br)c1. The first kappa shape index (κ1) is 14.6. The lowest BCUT2D eigenvalue weighted by atomic mass is 9.77. The first-order chi connectivity index (χ1) is 7.63. The molecule has 0 unspecified atom stereocenters. The van der Waals surface area contributed by atoms with Gasteiger partial charge in [0.2, 0.25) is 0 Å². The van der Waals surface area contributed by atoms with E-state index in [2.05, 4.69) is 20.9 Å². The van der Waals surface area contributed by atoms with Crippen LogP contribution in [0.25, 0.3) is 0 Å². The van der Waals surface area contributed by atoms with Gasteiger partial charge >= 0.3 is 7.12 Å². The van der Waals surface area contributed by atoms with Crippen molar-refractivity contribution in [2.24, 2.45) is 0 Å². The van der Waals surface area contributed by atoms with Gasteiger partial charge in [-0.25, -0.2) is 0 Å². The molecule has 0 aliphatic carbocycles. The second-order valence-electron chi connectivity index (χ2n) is 4.98. The zero-order chi connectivity index (χ0) is 13.3. The predicted octanol–water partition coefficient (Wildman–Crippen LogP) is 1.10. The van der Waals surface area contributed by atoms with Crippen LogP contribution in [0.15, 0.2) is 22.9 Å². The van der Waals surface area contributed by atoms with Crippen LogP contribution in [-0.2, 0) is 4.65 Å². The Hall–Kier alpha value is -0.425. The predicted molar refractivity (Wildman–Crippen MR) is 71.0 cm³/mol. The fourth-order valence-corrected chi connectivity index (χ4v) is 1.44. The molecule has 0 atom stereocenters. The Morgan fingerprint density at radius 3 is 2.35 bits per heavy atom. The highest BCUT2D eigenvalue weighted by molar-refractivity contribution is 9.10. The molecule has 0 saturated heterocycles. The van der Waals surface area contributed by atoms with Crippen molar-refractivity contribution in [3.63, 3.8) is 0 Å². The van der Waals surface area contributed by atoms with Crippen LogP contribution in [0, 0.1) is 0 Å². The highest BCUT2D eigenvalue weighted by atomic mass is 79.9. The van der Waals surface area contributed by atoms with Crippen molar-refractivity contribution < 1.29 is 14.8 Å². The third-order valence-corrected chi connectivity index (χ3v) is 3.32. The summed E-state index contributed by atoms with van der Waals surface area (Å²) in [5, 5.41) is 19.9. The lowest BCUT2D eigenvalue weighted by Crippen LogP contribution is -2.53. The van der Waals surface area contributed by atoms with Crippen LogP contribution < -0.4 is 5.46 Å². The Morgan fingerprint density at radius 2 is 1.88 bits per heavy atom. The van der Waals surface area contributed by atoms with Crippen molar-refractivity contribution >= 4 is 28.5 Å². The van der Waals surface area contributed by atoms with Gasteiger partial charge in [-0.15, -0.1) is 0 Å². The third kappa shape index (κ3) is 3.77. The summed E-state index contributed by atoms with van der Waals surface area (Å²) < 4.78 is 6.25. The minimum Gasteiger partial charge on any atom is -0.423 e. The number of nitrogens with zero attached hydrogens (tertiary/aromatic N) is 1. The maximum absolute atomic E-state index is 9.95. The summed E-state index contributed by atoms with van der Waals surface area (Å²) in [4.78, 5) is 3.95. The van der Waals surface area contributed by atoms with Crippen molar-refractivity contribution in [1.29, 1.82) is 0 Å². The van der Waals surface area contributed by atoms with E-state index < -0.39 is 18.3 Å². The number of hydrogen-bond acceptors (Lipinski definition) is 4. The summed E-state index contributed by atoms with van der Waals surface area (Å²) >= 11 is 3.27. The molecule has 94 valence electrons. The first-order valence-electron chi connectivity index (χ1n) is 5.32. The molecule has 0 saturated carbocycles. The van der Waals surface area contributed by atoms with Crippen molar-refractivity contribution in [3.05, 3.63) is 22.9 Å². The molecule has 0 amide bonds. The van der Waals surface area contributed by atoms with Gasteiger partial charge in [0, 0.05) is 22.3 Å². The van der Waals surface area contributed by atoms with E-state index >= 15 is 0 Å². The lowest BCUT2D eigenvalue weighted by molar-refractivity contribution is -0.0982. The first-order valence-corrected chi connectivity index (χ1v) is 6.11. The molecule has 1 rings (SSSR count). The van der Waals surface area contributed by atoms with Gasteiger partial charge in [0.05, 0.1) is 11.2 Å². The van der Waals surface area contributed by atoms with E-state index in [1.807, 2.05) is 0 Å². The monoisotopic (exact) mass is 301 g/mol. The quantitative estimate of drug-likeness (QED) is 0.818. The summed E-state index contributed by atoms with van der Waals surface area (Å²) in [6, 6.07) is 1.72. The number of rotatable bonds is 4. The molecule has 0 aliphatic rings. The van der Waals surface area contributed by atoms with Crippen LogP contribution in [0.1, 0.15) is 27.7 Å². The second kappa shape index (κ2) is 5.06. The minimum atomic E-state index is -1.12. The largest absolute Gasteiger partial charge is 0.493 e. The number of pyridine rings is 1. The van der Waals surface area contributed by atoms with Crippen molar-refractivity contribution in [2.75, 3.05) is 0 Å². The number of halogens is 1. The molecule has 0 aliphatic heterocycles. The Labute approximate surface area is 110 Å². The maximum atomic E-state index is 9.95. The average Bonchev–Trinajstić information content (AvgIpc) is 2.15. The highest BCUT2D eigenvalue weighted by Crippen LogP contribution is 2.25. The van der Waals surface area contributed by atoms with Gasteiger partial charge in [-0.2, -0.15) is 0 Å². The van der Waals surface area contributed by atoms with Crippen LogP contribution >= 0.6 is 15.9 Å². The molecular formula is C11H17BBrNO3. The molecule has 2 N–H and O–H groups in total. The van der Waals surface area contributed by atoms with E-state index in [-0.39, 0.29) is 0 Å². The molecule has 1 aromatic rings. The molecule has 1 aromatic heterocycles. The highest BCUT2D eigenvalue weighted by Gasteiger charge is 2.39. The zero-order valence-corrected chi connectivity index (χ0v) is 12.0. The van der Waals surface area contributed by atoms with Crippen LogP contribution in [0.5, 0.6) is 0 Å². The van der Waals surface area contributed by atoms with E-state index in [0.29, 0.717) is 5.46 Å². The Morgan fingerprint density at radius 1 is 1.29 bits per heavy atom. The van der Waals surface area contributed by atoms with E-state index in [1.54, 1.807) is 40.0 Å². The molecule has 1 heterocycles. The summed E-state index contributed by atoms with van der Waals surface area (Å²) in [7, 11) is -1.12. The van der Waals surface area contributed by atoms with Gasteiger partial charge in [0.25, 0.3) is 0 Å². The van der Waals surface area contributed by atoms with Crippen LogP contribution in [0.3, 0.4) is 0 Å². The van der Waals surface area contributed by atoms with Crippen LogP contribution in [0.2, 0.25) is 0 Å². The fourth-order valence-electron chi connectivity index (χ4n) is 1.05. The van der Waals surface area contributed by atoms with E-state index in [4.69, 9.17) is 4.65 Å². The van der Waals surface area contributed by atoms with Crippen molar-refractivity contribution in [3.8, 4) is 0 Å². The molecule has 0 fully saturated rings. The molecular weight excluding hydrogens is 285 g/mol. The number of hydrogen-bond donors (Lipinski definition) is 2. The van der Waals surface area contributed by atoms with E-state index in [1.165, 1.54) is 6.20 Å². The molecule has 17 heavy (non-hydrogen) atoms. The Bertz CT molecular complexity index is 393. The van der Waals surface area contributed by atoms with Gasteiger partial charge in [-0.05, 0) is 49.7 Å². The fraction of sp³-hybridized carbons (Fsp3) is 0.545. The Balaban J connectivity index is 2.83. The molecule has 0 spiro atoms. The molecule has 6 heteroatoms. The minimum absolute atomic E-state index is 0.539. The molecule has 0 radical (unpaired) electrons. The summed E-state index contributed by atoms with van der Waals surface area (Å²) in [6.07, 6.45) is 3.15. The molecule has 0 bridgehead atoms. The number of aromatic nitrogens is 1. The van der Waals surface area contributed by atoms with Crippen molar-refractivity contribution in [2.45, 2.75) is 38.9 Å². The normalized spacial score (nSPS) is 12.6. The van der Waals surface area contributed by atoms with Gasteiger partial charge in [0.15, 0.2) is 0 Å². The summed E-state index contributed by atoms with van der Waals surface area (Å²) in [6.45, 7) is 6.72. The molecule has 0 aromatic carbocycles. The van der Waals surface area contributed by atoms with E-state index in [9.17, 15) is 10.1 Å². The zero-order valence-electron chi connectivity index (χ0n) is 10.4. The topological polar surface area (TPSA) is 62.6 Å². The van der Waals surface area contributed by atoms with Crippen LogP contribution in [0.4, 0.5) is 0 Å². The van der Waals surface area contributed by atoms with Crippen molar-refractivity contribution in [1.82, 2.24) is 4.98 Å². The van der Waals surface area contributed by atoms with Gasteiger partial charge < -0.3 is 14.8 Å². The van der Waals surface area contributed by atoms with Crippen LogP contribution in [-0.4, -0.2) is 33.4 Å². The average molecular weight is 302 g/mol. The standard InChI is InChI=1S/C11H17BBrNO3/c1-10(2,15)11(3,4)17-12(16)8-5-9(13)7-14-6-8/h5-7,15-16H,1-4H3.